The molecule has 2 nitrogen and oxygen atoms in total. The summed E-state index contributed by atoms with van der Waals surface area (Å²) >= 11 is 3.31. The monoisotopic (exact) mass is 287 g/mol. The van der Waals surface area contributed by atoms with Crippen molar-refractivity contribution in [1.29, 1.82) is 0 Å². The van der Waals surface area contributed by atoms with E-state index in [1.54, 1.807) is 0 Å². The predicted molar refractivity (Wildman–Crippen MR) is 71.5 cm³/mol. The fourth-order valence-corrected chi connectivity index (χ4v) is 1.98. The molecular weight excluding hydrogens is 266 g/mol. The fraction of sp³-hybridized carbons (Fsp3) is 0.692. The van der Waals surface area contributed by atoms with Crippen molar-refractivity contribution in [2.24, 2.45) is 5.92 Å². The summed E-state index contributed by atoms with van der Waals surface area (Å²) in [5.74, 6) is 1.81. The second-order valence-corrected chi connectivity index (χ2v) is 5.49. The van der Waals surface area contributed by atoms with E-state index in [4.69, 9.17) is 4.42 Å². The number of furan rings is 1. The average Bonchev–Trinajstić information content (AvgIpc) is 2.63. The molecule has 1 N–H and O–H groups in total. The summed E-state index contributed by atoms with van der Waals surface area (Å²) in [6.07, 6.45) is 3.87. The molecule has 0 spiro atoms. The number of hydrogen-bond acceptors (Lipinski definition) is 2. The minimum Gasteiger partial charge on any atom is -0.453 e. The van der Waals surface area contributed by atoms with E-state index in [2.05, 4.69) is 42.0 Å². The van der Waals surface area contributed by atoms with Crippen molar-refractivity contribution < 1.29 is 4.42 Å². The lowest BCUT2D eigenvalue weighted by Crippen LogP contribution is -2.19. The van der Waals surface area contributed by atoms with E-state index >= 15 is 0 Å². The first-order chi connectivity index (χ1) is 7.59. The van der Waals surface area contributed by atoms with Gasteiger partial charge in [0.05, 0.1) is 6.04 Å². The van der Waals surface area contributed by atoms with Crippen LogP contribution in [0.4, 0.5) is 0 Å². The molecule has 0 amide bonds. The molecule has 1 rings (SSSR count). The second-order valence-electron chi connectivity index (χ2n) is 4.71. The van der Waals surface area contributed by atoms with Gasteiger partial charge in [-0.25, -0.2) is 0 Å². The van der Waals surface area contributed by atoms with Crippen LogP contribution in [0, 0.1) is 5.92 Å². The van der Waals surface area contributed by atoms with Crippen molar-refractivity contribution in [3.63, 3.8) is 0 Å². The Kier molecular flexibility index (Phi) is 6.14. The van der Waals surface area contributed by atoms with Crippen molar-refractivity contribution in [2.45, 2.75) is 46.1 Å². The first-order valence-electron chi connectivity index (χ1n) is 6.08. The SMILES string of the molecule is CC(C)CCCCNC(C)c1ccc(Br)o1. The molecule has 0 fully saturated rings. The van der Waals surface area contributed by atoms with E-state index in [0.29, 0.717) is 6.04 Å². The first kappa shape index (κ1) is 13.8. The maximum absolute atomic E-state index is 5.49. The highest BCUT2D eigenvalue weighted by atomic mass is 79.9. The third-order valence-electron chi connectivity index (χ3n) is 2.68. The summed E-state index contributed by atoms with van der Waals surface area (Å²) in [4.78, 5) is 0. The van der Waals surface area contributed by atoms with Crippen LogP contribution in [0.5, 0.6) is 0 Å². The van der Waals surface area contributed by atoms with Crippen molar-refractivity contribution in [1.82, 2.24) is 5.32 Å². The third-order valence-corrected chi connectivity index (χ3v) is 3.11. The van der Waals surface area contributed by atoms with Crippen molar-refractivity contribution in [2.75, 3.05) is 6.54 Å². The van der Waals surface area contributed by atoms with Gasteiger partial charge in [-0.3, -0.25) is 0 Å². The van der Waals surface area contributed by atoms with Crippen LogP contribution < -0.4 is 5.32 Å². The van der Waals surface area contributed by atoms with Crippen molar-refractivity contribution >= 4 is 15.9 Å². The topological polar surface area (TPSA) is 25.2 Å². The molecule has 1 atom stereocenters. The molecule has 3 heteroatoms. The van der Waals surface area contributed by atoms with Crippen molar-refractivity contribution in [3.8, 4) is 0 Å². The number of nitrogens with one attached hydrogen (secondary N) is 1. The largest absolute Gasteiger partial charge is 0.453 e. The highest BCUT2D eigenvalue weighted by Gasteiger charge is 2.08. The molecule has 0 aromatic carbocycles. The normalized spacial score (nSPS) is 13.3. The zero-order valence-corrected chi connectivity index (χ0v) is 12.0. The molecule has 92 valence electrons. The zero-order valence-electron chi connectivity index (χ0n) is 10.4. The molecule has 0 radical (unpaired) electrons. The van der Waals surface area contributed by atoms with Gasteiger partial charge in [0, 0.05) is 0 Å². The van der Waals surface area contributed by atoms with Crippen LogP contribution in [0.1, 0.15) is 51.8 Å². The van der Waals surface area contributed by atoms with Crippen LogP contribution in [0.15, 0.2) is 21.2 Å². The Bertz CT molecular complexity index is 296. The van der Waals surface area contributed by atoms with Crippen LogP contribution in [0.3, 0.4) is 0 Å². The van der Waals surface area contributed by atoms with E-state index in [-0.39, 0.29) is 0 Å². The van der Waals surface area contributed by atoms with E-state index in [9.17, 15) is 0 Å². The van der Waals surface area contributed by atoms with Crippen LogP contribution in [-0.2, 0) is 0 Å². The molecule has 0 aliphatic carbocycles. The molecule has 0 saturated heterocycles. The standard InChI is InChI=1S/C13H22BrNO/c1-10(2)6-4-5-9-15-11(3)12-7-8-13(14)16-12/h7-8,10-11,15H,4-6,9H2,1-3H3. The van der Waals surface area contributed by atoms with Crippen LogP contribution in [0.25, 0.3) is 0 Å². The number of unbranched alkanes of at least 4 members (excludes halogenated alkanes) is 1. The predicted octanol–water partition coefficient (Wildman–Crippen LogP) is 4.52. The Labute approximate surface area is 107 Å². The molecule has 1 unspecified atom stereocenters. The Morgan fingerprint density at radius 2 is 2.00 bits per heavy atom. The number of hydrogen-bond donors (Lipinski definition) is 1. The lowest BCUT2D eigenvalue weighted by Gasteiger charge is -2.11. The highest BCUT2D eigenvalue weighted by molar-refractivity contribution is 9.10. The summed E-state index contributed by atoms with van der Waals surface area (Å²) in [6.45, 7) is 7.74. The molecule has 0 bridgehead atoms. The molecule has 1 aromatic heterocycles. The van der Waals surface area contributed by atoms with Gasteiger partial charge in [0.2, 0.25) is 0 Å². The van der Waals surface area contributed by atoms with Gasteiger partial charge in [-0.15, -0.1) is 0 Å². The average molecular weight is 288 g/mol. The summed E-state index contributed by atoms with van der Waals surface area (Å²) in [5.41, 5.74) is 0. The summed E-state index contributed by atoms with van der Waals surface area (Å²) in [6, 6.07) is 4.24. The maximum atomic E-state index is 5.49. The van der Waals surface area contributed by atoms with Gasteiger partial charge in [0.15, 0.2) is 4.67 Å². The Hall–Kier alpha value is -0.280. The van der Waals surface area contributed by atoms with Crippen LogP contribution in [0.2, 0.25) is 0 Å². The minimum atomic E-state index is 0.297. The van der Waals surface area contributed by atoms with E-state index in [1.807, 2.05) is 12.1 Å². The summed E-state index contributed by atoms with van der Waals surface area (Å²) < 4.78 is 6.30. The van der Waals surface area contributed by atoms with Crippen molar-refractivity contribution in [3.05, 3.63) is 22.6 Å². The lowest BCUT2D eigenvalue weighted by atomic mass is 10.1. The first-order valence-corrected chi connectivity index (χ1v) is 6.87. The van der Waals surface area contributed by atoms with Gasteiger partial charge in [0.25, 0.3) is 0 Å². The van der Waals surface area contributed by atoms with Gasteiger partial charge in [-0.05, 0) is 53.9 Å². The molecule has 16 heavy (non-hydrogen) atoms. The zero-order chi connectivity index (χ0) is 12.0. The van der Waals surface area contributed by atoms with Gasteiger partial charge in [-0.2, -0.15) is 0 Å². The Morgan fingerprint density at radius 1 is 1.25 bits per heavy atom. The highest BCUT2D eigenvalue weighted by Crippen LogP contribution is 2.19. The number of rotatable bonds is 7. The smallest absolute Gasteiger partial charge is 0.169 e. The summed E-state index contributed by atoms with van der Waals surface area (Å²) in [5, 5.41) is 3.47. The van der Waals surface area contributed by atoms with Gasteiger partial charge in [0.1, 0.15) is 5.76 Å². The van der Waals surface area contributed by atoms with E-state index in [1.165, 1.54) is 19.3 Å². The quantitative estimate of drug-likeness (QED) is 0.746. The Morgan fingerprint density at radius 3 is 2.56 bits per heavy atom. The van der Waals surface area contributed by atoms with Gasteiger partial charge in [-0.1, -0.05) is 26.7 Å². The van der Waals surface area contributed by atoms with E-state index in [0.717, 1.165) is 22.9 Å². The molecule has 0 aliphatic heterocycles. The van der Waals surface area contributed by atoms with Crippen LogP contribution in [-0.4, -0.2) is 6.54 Å². The molecule has 0 saturated carbocycles. The molecule has 1 aromatic rings. The third kappa shape index (κ3) is 5.17. The van der Waals surface area contributed by atoms with Gasteiger partial charge < -0.3 is 9.73 Å². The second kappa shape index (κ2) is 7.13. The molecule has 0 aliphatic rings. The van der Waals surface area contributed by atoms with Crippen LogP contribution >= 0.6 is 15.9 Å². The maximum Gasteiger partial charge on any atom is 0.169 e. The van der Waals surface area contributed by atoms with E-state index < -0.39 is 0 Å². The lowest BCUT2D eigenvalue weighted by molar-refractivity contribution is 0.411. The summed E-state index contributed by atoms with van der Waals surface area (Å²) in [7, 11) is 0. The Balaban J connectivity index is 2.13. The molecular formula is C13H22BrNO. The number of halogens is 1. The fourth-order valence-electron chi connectivity index (χ4n) is 1.66. The van der Waals surface area contributed by atoms with Gasteiger partial charge >= 0.3 is 0 Å². The molecule has 1 heterocycles. The minimum absolute atomic E-state index is 0.297.